The van der Waals surface area contributed by atoms with Gasteiger partial charge < -0.3 is 10.6 Å². The van der Waals surface area contributed by atoms with Crippen molar-refractivity contribution in [2.75, 3.05) is 13.1 Å². The Bertz CT molecular complexity index is 779. The number of nitrogens with zero attached hydrogens (tertiary/aromatic N) is 1. The molecule has 0 atom stereocenters. The minimum Gasteiger partial charge on any atom is -0.350 e. The van der Waals surface area contributed by atoms with Crippen LogP contribution in [0.15, 0.2) is 24.3 Å². The fourth-order valence-corrected chi connectivity index (χ4v) is 4.37. The molecule has 1 aromatic heterocycles. The summed E-state index contributed by atoms with van der Waals surface area (Å²) in [5.41, 5.74) is 3.82. The lowest BCUT2D eigenvalue weighted by Gasteiger charge is -2.30. The molecule has 1 fully saturated rings. The van der Waals surface area contributed by atoms with Gasteiger partial charge in [-0.3, -0.25) is 9.89 Å². The summed E-state index contributed by atoms with van der Waals surface area (Å²) >= 11 is 6.20. The summed E-state index contributed by atoms with van der Waals surface area (Å²) in [6.07, 6.45) is 5.41. The van der Waals surface area contributed by atoms with E-state index < -0.39 is 0 Å². The summed E-state index contributed by atoms with van der Waals surface area (Å²) in [5.74, 6) is -0.0884. The zero-order valence-electron chi connectivity index (χ0n) is 14.2. The number of halogens is 1. The number of H-pyrrole nitrogens is 1. The topological polar surface area (TPSA) is 69.8 Å². The van der Waals surface area contributed by atoms with E-state index in [1.54, 1.807) is 0 Å². The summed E-state index contributed by atoms with van der Waals surface area (Å²) in [5, 5.41) is 14.5. The highest BCUT2D eigenvalue weighted by Crippen LogP contribution is 2.41. The highest BCUT2D eigenvalue weighted by molar-refractivity contribution is 6.30. The lowest BCUT2D eigenvalue weighted by Crippen LogP contribution is -2.39. The van der Waals surface area contributed by atoms with E-state index in [0.29, 0.717) is 18.8 Å². The lowest BCUT2D eigenvalue weighted by atomic mass is 9.79. The molecule has 132 valence electrons. The monoisotopic (exact) mass is 358 g/mol. The maximum Gasteiger partial charge on any atom is 0.272 e. The molecule has 3 N–H and O–H groups in total. The van der Waals surface area contributed by atoms with Gasteiger partial charge in [-0.15, -0.1) is 0 Å². The van der Waals surface area contributed by atoms with Crippen molar-refractivity contribution in [3.05, 3.63) is 51.8 Å². The zero-order chi connectivity index (χ0) is 17.3. The van der Waals surface area contributed by atoms with E-state index in [2.05, 4.69) is 26.9 Å². The molecule has 2 aromatic rings. The fourth-order valence-electron chi connectivity index (χ4n) is 4.18. The highest BCUT2D eigenvalue weighted by atomic mass is 35.5. The molecule has 0 saturated heterocycles. The minimum absolute atomic E-state index is 0.0187. The molecule has 4 rings (SSSR count). The van der Waals surface area contributed by atoms with Crippen molar-refractivity contribution >= 4 is 17.5 Å². The molecule has 6 heteroatoms. The standard InChI is InChI=1S/C19H23ClN4O/c20-14-5-3-4-13(10-14)19(7-1-2-8-19)12-22-18(25)17-15-11-21-9-6-16(15)23-24-17/h3-5,10,21H,1-2,6-9,11-12H2,(H,22,25)(H,23,24). The first-order chi connectivity index (χ1) is 12.2. The van der Waals surface area contributed by atoms with Gasteiger partial charge in [0.1, 0.15) is 0 Å². The van der Waals surface area contributed by atoms with Crippen molar-refractivity contribution in [3.8, 4) is 0 Å². The van der Waals surface area contributed by atoms with Crippen LogP contribution in [0.3, 0.4) is 0 Å². The van der Waals surface area contributed by atoms with E-state index in [1.165, 1.54) is 18.4 Å². The van der Waals surface area contributed by atoms with Crippen LogP contribution in [0.25, 0.3) is 0 Å². The summed E-state index contributed by atoms with van der Waals surface area (Å²) in [4.78, 5) is 12.7. The Morgan fingerprint density at radius 2 is 2.16 bits per heavy atom. The number of hydrogen-bond donors (Lipinski definition) is 3. The van der Waals surface area contributed by atoms with Gasteiger partial charge in [0.05, 0.1) is 0 Å². The predicted octanol–water partition coefficient (Wildman–Crippen LogP) is 2.95. The van der Waals surface area contributed by atoms with Crippen LogP contribution in [0, 0.1) is 0 Å². The van der Waals surface area contributed by atoms with Crippen molar-refractivity contribution in [1.29, 1.82) is 0 Å². The van der Waals surface area contributed by atoms with Gasteiger partial charge in [0.15, 0.2) is 5.69 Å². The van der Waals surface area contributed by atoms with Crippen LogP contribution in [-0.4, -0.2) is 29.2 Å². The van der Waals surface area contributed by atoms with Gasteiger partial charge in [0.2, 0.25) is 0 Å². The molecule has 1 aromatic carbocycles. The summed E-state index contributed by atoms with van der Waals surface area (Å²) < 4.78 is 0. The van der Waals surface area contributed by atoms with Gasteiger partial charge in [-0.1, -0.05) is 36.6 Å². The Labute approximate surface area is 152 Å². The number of carbonyl (C=O) groups is 1. The molecule has 2 aliphatic rings. The molecule has 1 amide bonds. The number of carbonyl (C=O) groups excluding carboxylic acids is 1. The van der Waals surface area contributed by atoms with Crippen LogP contribution < -0.4 is 10.6 Å². The van der Waals surface area contributed by atoms with E-state index in [9.17, 15) is 4.79 Å². The van der Waals surface area contributed by atoms with Crippen molar-refractivity contribution < 1.29 is 4.79 Å². The molecule has 5 nitrogen and oxygen atoms in total. The van der Waals surface area contributed by atoms with Gasteiger partial charge in [0.25, 0.3) is 5.91 Å². The van der Waals surface area contributed by atoms with Crippen LogP contribution in [0.5, 0.6) is 0 Å². The van der Waals surface area contributed by atoms with Crippen molar-refractivity contribution in [3.63, 3.8) is 0 Å². The molecule has 25 heavy (non-hydrogen) atoms. The Morgan fingerprint density at radius 1 is 1.32 bits per heavy atom. The van der Waals surface area contributed by atoms with Crippen LogP contribution in [0.4, 0.5) is 0 Å². The first-order valence-electron chi connectivity index (χ1n) is 8.99. The van der Waals surface area contributed by atoms with Crippen molar-refractivity contribution in [2.45, 2.75) is 44.1 Å². The maximum absolute atomic E-state index is 12.7. The molecule has 1 aliphatic heterocycles. The second-order valence-electron chi connectivity index (χ2n) is 7.14. The Kier molecular flexibility index (Phi) is 4.52. The van der Waals surface area contributed by atoms with Gasteiger partial charge in [-0.05, 0) is 30.5 Å². The summed E-state index contributed by atoms with van der Waals surface area (Å²) in [6.45, 7) is 2.25. The second kappa shape index (κ2) is 6.81. The zero-order valence-corrected chi connectivity index (χ0v) is 15.0. The molecule has 1 aliphatic carbocycles. The van der Waals surface area contributed by atoms with E-state index in [0.717, 1.165) is 42.1 Å². The van der Waals surface area contributed by atoms with Crippen LogP contribution in [-0.2, 0) is 18.4 Å². The molecule has 0 radical (unpaired) electrons. The average Bonchev–Trinajstić information content (AvgIpc) is 3.28. The Morgan fingerprint density at radius 3 is 2.96 bits per heavy atom. The quantitative estimate of drug-likeness (QED) is 0.787. The summed E-state index contributed by atoms with van der Waals surface area (Å²) in [7, 11) is 0. The maximum atomic E-state index is 12.7. The van der Waals surface area contributed by atoms with E-state index in [4.69, 9.17) is 11.6 Å². The predicted molar refractivity (Wildman–Crippen MR) is 97.9 cm³/mol. The number of rotatable bonds is 4. The minimum atomic E-state index is -0.0884. The smallest absolute Gasteiger partial charge is 0.272 e. The van der Waals surface area contributed by atoms with Gasteiger partial charge in [-0.25, -0.2) is 0 Å². The molecule has 0 bridgehead atoms. The van der Waals surface area contributed by atoms with E-state index in [1.807, 2.05) is 18.2 Å². The molecular formula is C19H23ClN4O. The van der Waals surface area contributed by atoms with Gasteiger partial charge in [-0.2, -0.15) is 5.10 Å². The third kappa shape index (κ3) is 3.18. The molecular weight excluding hydrogens is 336 g/mol. The molecule has 0 spiro atoms. The van der Waals surface area contributed by atoms with E-state index >= 15 is 0 Å². The van der Waals surface area contributed by atoms with E-state index in [-0.39, 0.29) is 11.3 Å². The van der Waals surface area contributed by atoms with Crippen LogP contribution in [0.1, 0.15) is 53.0 Å². The molecule has 1 saturated carbocycles. The fraction of sp³-hybridized carbons (Fsp3) is 0.474. The second-order valence-corrected chi connectivity index (χ2v) is 7.57. The van der Waals surface area contributed by atoms with Crippen LogP contribution >= 0.6 is 11.6 Å². The van der Waals surface area contributed by atoms with Gasteiger partial charge in [0, 0.05) is 47.8 Å². The number of aromatic amines is 1. The van der Waals surface area contributed by atoms with Gasteiger partial charge >= 0.3 is 0 Å². The SMILES string of the molecule is O=C(NCC1(c2cccc(Cl)c2)CCCC1)c1n[nH]c2c1CNCC2. The van der Waals surface area contributed by atoms with Crippen LogP contribution in [0.2, 0.25) is 5.02 Å². The Balaban J connectivity index is 1.52. The number of hydrogen-bond acceptors (Lipinski definition) is 3. The molecule has 2 heterocycles. The lowest BCUT2D eigenvalue weighted by molar-refractivity contribution is 0.0937. The normalized spacial score (nSPS) is 18.8. The highest BCUT2D eigenvalue weighted by Gasteiger charge is 2.36. The average molecular weight is 359 g/mol. The summed E-state index contributed by atoms with van der Waals surface area (Å²) in [6, 6.07) is 8.06. The first-order valence-corrected chi connectivity index (χ1v) is 9.37. The molecule has 0 unspecified atom stereocenters. The number of amides is 1. The first kappa shape index (κ1) is 16.6. The third-order valence-electron chi connectivity index (χ3n) is 5.61. The van der Waals surface area contributed by atoms with Crippen molar-refractivity contribution in [2.24, 2.45) is 0 Å². The number of benzene rings is 1. The third-order valence-corrected chi connectivity index (χ3v) is 5.84. The largest absolute Gasteiger partial charge is 0.350 e. The van der Waals surface area contributed by atoms with Crippen molar-refractivity contribution in [1.82, 2.24) is 20.8 Å². The Hall–Kier alpha value is -1.85. The number of aromatic nitrogens is 2. The number of nitrogens with one attached hydrogen (secondary N) is 3. The number of fused-ring (bicyclic) bond motifs is 1.